The first-order valence-corrected chi connectivity index (χ1v) is 7.65. The Labute approximate surface area is 127 Å². The van der Waals surface area contributed by atoms with Gasteiger partial charge in [0, 0.05) is 12.1 Å². The van der Waals surface area contributed by atoms with Gasteiger partial charge in [-0.15, -0.1) is 0 Å². The SMILES string of the molecule is CCCCCNNC(=O)c1ccc(OCC)c(OCC)c1. The highest BCUT2D eigenvalue weighted by Gasteiger charge is 2.11. The molecule has 0 unspecified atom stereocenters. The van der Waals surface area contributed by atoms with Crippen LogP contribution >= 0.6 is 0 Å². The Kier molecular flexibility index (Phi) is 8.28. The molecule has 21 heavy (non-hydrogen) atoms. The summed E-state index contributed by atoms with van der Waals surface area (Å²) in [4.78, 5) is 12.0. The van der Waals surface area contributed by atoms with Crippen LogP contribution in [0.15, 0.2) is 18.2 Å². The van der Waals surface area contributed by atoms with Crippen LogP contribution in [-0.2, 0) is 0 Å². The van der Waals surface area contributed by atoms with Gasteiger partial charge in [-0.05, 0) is 38.5 Å². The first-order valence-electron chi connectivity index (χ1n) is 7.65. The van der Waals surface area contributed by atoms with Crippen LogP contribution in [0.5, 0.6) is 11.5 Å². The van der Waals surface area contributed by atoms with Crippen LogP contribution in [0.25, 0.3) is 0 Å². The summed E-state index contributed by atoms with van der Waals surface area (Å²) >= 11 is 0. The Hall–Kier alpha value is -1.75. The average Bonchev–Trinajstić information content (AvgIpc) is 2.49. The number of unbranched alkanes of at least 4 members (excludes halogenated alkanes) is 2. The van der Waals surface area contributed by atoms with Crippen LogP contribution in [0.1, 0.15) is 50.4 Å². The molecule has 1 aromatic carbocycles. The average molecular weight is 294 g/mol. The molecule has 0 bridgehead atoms. The predicted octanol–water partition coefficient (Wildman–Crippen LogP) is 2.91. The molecule has 0 aromatic heterocycles. The maximum absolute atomic E-state index is 12.0. The van der Waals surface area contributed by atoms with Gasteiger partial charge in [0.1, 0.15) is 0 Å². The minimum atomic E-state index is -0.171. The molecular weight excluding hydrogens is 268 g/mol. The lowest BCUT2D eigenvalue weighted by molar-refractivity contribution is 0.0932. The van der Waals surface area contributed by atoms with Crippen molar-refractivity contribution in [1.29, 1.82) is 0 Å². The number of ether oxygens (including phenoxy) is 2. The van der Waals surface area contributed by atoms with E-state index in [0.717, 1.165) is 25.8 Å². The summed E-state index contributed by atoms with van der Waals surface area (Å²) in [6.45, 7) is 7.82. The monoisotopic (exact) mass is 294 g/mol. The van der Waals surface area contributed by atoms with E-state index in [0.29, 0.717) is 30.3 Å². The van der Waals surface area contributed by atoms with Gasteiger partial charge in [0.25, 0.3) is 5.91 Å². The second kappa shape index (κ2) is 10.0. The van der Waals surface area contributed by atoms with E-state index in [2.05, 4.69) is 17.8 Å². The zero-order valence-corrected chi connectivity index (χ0v) is 13.2. The molecule has 0 fully saturated rings. The maximum Gasteiger partial charge on any atom is 0.265 e. The minimum absolute atomic E-state index is 0.171. The third-order valence-electron chi connectivity index (χ3n) is 2.91. The van der Waals surface area contributed by atoms with E-state index >= 15 is 0 Å². The summed E-state index contributed by atoms with van der Waals surface area (Å²) in [7, 11) is 0. The molecular formula is C16H26N2O3. The van der Waals surface area contributed by atoms with Gasteiger partial charge in [-0.1, -0.05) is 19.8 Å². The van der Waals surface area contributed by atoms with E-state index in [4.69, 9.17) is 9.47 Å². The molecule has 5 nitrogen and oxygen atoms in total. The lowest BCUT2D eigenvalue weighted by Crippen LogP contribution is -2.37. The molecule has 0 radical (unpaired) electrons. The largest absolute Gasteiger partial charge is 0.490 e. The molecule has 1 amide bonds. The molecule has 1 rings (SSSR count). The number of benzene rings is 1. The van der Waals surface area contributed by atoms with E-state index in [1.54, 1.807) is 18.2 Å². The van der Waals surface area contributed by atoms with Gasteiger partial charge in [-0.25, -0.2) is 5.43 Å². The molecule has 1 aromatic rings. The molecule has 0 aliphatic heterocycles. The van der Waals surface area contributed by atoms with Gasteiger partial charge in [0.2, 0.25) is 0 Å². The number of amides is 1. The van der Waals surface area contributed by atoms with Crippen LogP contribution in [0.3, 0.4) is 0 Å². The van der Waals surface area contributed by atoms with E-state index in [-0.39, 0.29) is 5.91 Å². The summed E-state index contributed by atoms with van der Waals surface area (Å²) in [5.41, 5.74) is 6.18. The lowest BCUT2D eigenvalue weighted by Gasteiger charge is -2.12. The van der Waals surface area contributed by atoms with Gasteiger partial charge in [-0.2, -0.15) is 0 Å². The van der Waals surface area contributed by atoms with Gasteiger partial charge in [0.15, 0.2) is 11.5 Å². The normalized spacial score (nSPS) is 10.2. The van der Waals surface area contributed by atoms with Crippen molar-refractivity contribution >= 4 is 5.91 Å². The quantitative estimate of drug-likeness (QED) is 0.514. The molecule has 0 aliphatic rings. The number of hydrogen-bond donors (Lipinski definition) is 2. The van der Waals surface area contributed by atoms with Crippen LogP contribution in [0, 0.1) is 0 Å². The number of hydrogen-bond acceptors (Lipinski definition) is 4. The summed E-state index contributed by atoms with van der Waals surface area (Å²) in [6.07, 6.45) is 3.36. The van der Waals surface area contributed by atoms with Crippen LogP contribution in [0.4, 0.5) is 0 Å². The van der Waals surface area contributed by atoms with Gasteiger partial charge in [-0.3, -0.25) is 10.2 Å². The molecule has 5 heteroatoms. The van der Waals surface area contributed by atoms with E-state index in [9.17, 15) is 4.79 Å². The van der Waals surface area contributed by atoms with E-state index in [1.807, 2.05) is 13.8 Å². The Morgan fingerprint density at radius 3 is 2.43 bits per heavy atom. The third kappa shape index (κ3) is 6.04. The van der Waals surface area contributed by atoms with Crippen LogP contribution in [-0.4, -0.2) is 25.7 Å². The van der Waals surface area contributed by atoms with Crippen molar-refractivity contribution in [3.05, 3.63) is 23.8 Å². The van der Waals surface area contributed by atoms with Crippen molar-refractivity contribution in [3.8, 4) is 11.5 Å². The van der Waals surface area contributed by atoms with Gasteiger partial charge < -0.3 is 9.47 Å². The molecule has 2 N–H and O–H groups in total. The highest BCUT2D eigenvalue weighted by Crippen LogP contribution is 2.28. The van der Waals surface area contributed by atoms with Crippen molar-refractivity contribution in [1.82, 2.24) is 10.9 Å². The number of hydrazine groups is 1. The summed E-state index contributed by atoms with van der Waals surface area (Å²) in [5, 5.41) is 0. The molecule has 118 valence electrons. The highest BCUT2D eigenvalue weighted by atomic mass is 16.5. The number of carbonyl (C=O) groups is 1. The zero-order chi connectivity index (χ0) is 15.5. The topological polar surface area (TPSA) is 59.6 Å². The Bertz CT molecular complexity index is 436. The predicted molar refractivity (Wildman–Crippen MR) is 83.8 cm³/mol. The number of carbonyl (C=O) groups excluding carboxylic acids is 1. The standard InChI is InChI=1S/C16H26N2O3/c1-4-7-8-11-17-18-16(19)13-9-10-14(20-5-2)15(12-13)21-6-3/h9-10,12,17H,4-8,11H2,1-3H3,(H,18,19). The fraction of sp³-hybridized carbons (Fsp3) is 0.562. The smallest absolute Gasteiger partial charge is 0.265 e. The molecule has 0 heterocycles. The molecule has 0 saturated heterocycles. The summed E-state index contributed by atoms with van der Waals surface area (Å²) in [6, 6.07) is 5.20. The second-order valence-electron chi connectivity index (χ2n) is 4.62. The Morgan fingerprint density at radius 2 is 1.76 bits per heavy atom. The highest BCUT2D eigenvalue weighted by molar-refractivity contribution is 5.94. The van der Waals surface area contributed by atoms with Crippen molar-refractivity contribution in [2.45, 2.75) is 40.0 Å². The summed E-state index contributed by atoms with van der Waals surface area (Å²) in [5.74, 6) is 1.08. The minimum Gasteiger partial charge on any atom is -0.490 e. The second-order valence-corrected chi connectivity index (χ2v) is 4.62. The van der Waals surface area contributed by atoms with Crippen molar-refractivity contribution < 1.29 is 14.3 Å². The van der Waals surface area contributed by atoms with Crippen LogP contribution < -0.4 is 20.3 Å². The fourth-order valence-corrected chi connectivity index (χ4v) is 1.87. The first kappa shape index (κ1) is 17.3. The zero-order valence-electron chi connectivity index (χ0n) is 13.2. The van der Waals surface area contributed by atoms with Crippen molar-refractivity contribution in [2.75, 3.05) is 19.8 Å². The number of rotatable bonds is 10. The van der Waals surface area contributed by atoms with E-state index in [1.165, 1.54) is 0 Å². The molecule has 0 aliphatic carbocycles. The molecule has 0 atom stereocenters. The Balaban J connectivity index is 2.60. The Morgan fingerprint density at radius 1 is 1.05 bits per heavy atom. The number of nitrogens with one attached hydrogen (secondary N) is 2. The van der Waals surface area contributed by atoms with Crippen molar-refractivity contribution in [2.24, 2.45) is 0 Å². The first-order chi connectivity index (χ1) is 10.2. The molecule has 0 spiro atoms. The van der Waals surface area contributed by atoms with Crippen molar-refractivity contribution in [3.63, 3.8) is 0 Å². The summed E-state index contributed by atoms with van der Waals surface area (Å²) < 4.78 is 11.0. The van der Waals surface area contributed by atoms with Crippen LogP contribution in [0.2, 0.25) is 0 Å². The fourth-order valence-electron chi connectivity index (χ4n) is 1.87. The lowest BCUT2D eigenvalue weighted by atomic mass is 10.2. The third-order valence-corrected chi connectivity index (χ3v) is 2.91. The van der Waals surface area contributed by atoms with E-state index < -0.39 is 0 Å². The van der Waals surface area contributed by atoms with Gasteiger partial charge >= 0.3 is 0 Å². The van der Waals surface area contributed by atoms with Gasteiger partial charge in [0.05, 0.1) is 13.2 Å². The molecule has 0 saturated carbocycles. The maximum atomic E-state index is 12.0.